The van der Waals surface area contributed by atoms with E-state index in [-0.39, 0.29) is 0 Å². The lowest BCUT2D eigenvalue weighted by Gasteiger charge is -2.04. The van der Waals surface area contributed by atoms with E-state index in [0.29, 0.717) is 17.0 Å². The van der Waals surface area contributed by atoms with Gasteiger partial charge in [0, 0.05) is 10.0 Å². The number of nitrogens with zero attached hydrogens (tertiary/aromatic N) is 1. The molecular weight excluding hydrogens is 334 g/mol. The molecule has 1 aromatic heterocycles. The Balaban J connectivity index is 2.17. The number of hydrogen-bond donors (Lipinski definition) is 0. The first-order chi connectivity index (χ1) is 10.1. The lowest BCUT2D eigenvalue weighted by atomic mass is 10.0. The molecule has 0 spiro atoms. The standard InChI is InChI=1S/C16H12BrNO3/c1-9-14(16(19)20-2)15(21-18-9)12-4-3-11-8-13(17)6-5-10(11)7-12/h3-8H,1-2H3. The van der Waals surface area contributed by atoms with E-state index in [4.69, 9.17) is 9.26 Å². The molecule has 21 heavy (non-hydrogen) atoms. The number of benzene rings is 2. The van der Waals surface area contributed by atoms with Gasteiger partial charge in [-0.15, -0.1) is 0 Å². The molecule has 0 amide bonds. The molecule has 0 N–H and O–H groups in total. The van der Waals surface area contributed by atoms with Gasteiger partial charge in [-0.25, -0.2) is 4.79 Å². The third-order valence-corrected chi connectivity index (χ3v) is 3.81. The summed E-state index contributed by atoms with van der Waals surface area (Å²) in [5, 5.41) is 6.03. The molecule has 0 aliphatic heterocycles. The Morgan fingerprint density at radius 2 is 1.90 bits per heavy atom. The summed E-state index contributed by atoms with van der Waals surface area (Å²) in [5.74, 6) is -0.0104. The summed E-state index contributed by atoms with van der Waals surface area (Å²) >= 11 is 3.45. The van der Waals surface area contributed by atoms with Crippen LogP contribution in [-0.4, -0.2) is 18.2 Å². The van der Waals surface area contributed by atoms with Crippen LogP contribution in [0.2, 0.25) is 0 Å². The van der Waals surface area contributed by atoms with Crippen molar-refractivity contribution in [2.24, 2.45) is 0 Å². The van der Waals surface area contributed by atoms with Gasteiger partial charge in [0.25, 0.3) is 0 Å². The minimum absolute atomic E-state index is 0.369. The van der Waals surface area contributed by atoms with E-state index in [1.165, 1.54) is 7.11 Å². The zero-order valence-electron chi connectivity index (χ0n) is 11.5. The predicted molar refractivity (Wildman–Crippen MR) is 83.2 cm³/mol. The van der Waals surface area contributed by atoms with Crippen LogP contribution in [-0.2, 0) is 4.74 Å². The van der Waals surface area contributed by atoms with Crippen LogP contribution in [0.1, 0.15) is 16.1 Å². The van der Waals surface area contributed by atoms with Crippen molar-refractivity contribution < 1.29 is 14.1 Å². The smallest absolute Gasteiger partial charge is 0.343 e. The first-order valence-corrected chi connectivity index (χ1v) is 7.13. The minimum atomic E-state index is -0.445. The summed E-state index contributed by atoms with van der Waals surface area (Å²) in [5.41, 5.74) is 1.69. The number of rotatable bonds is 2. The second-order valence-corrected chi connectivity index (χ2v) is 5.59. The summed E-state index contributed by atoms with van der Waals surface area (Å²) in [6.07, 6.45) is 0. The maximum Gasteiger partial charge on any atom is 0.343 e. The predicted octanol–water partition coefficient (Wildman–Crippen LogP) is 4.35. The van der Waals surface area contributed by atoms with Crippen LogP contribution in [0.15, 0.2) is 45.4 Å². The van der Waals surface area contributed by atoms with Crippen LogP contribution >= 0.6 is 15.9 Å². The first-order valence-electron chi connectivity index (χ1n) is 6.34. The van der Waals surface area contributed by atoms with Crippen molar-refractivity contribution in [2.45, 2.75) is 6.92 Å². The van der Waals surface area contributed by atoms with Crippen LogP contribution in [0.25, 0.3) is 22.1 Å². The van der Waals surface area contributed by atoms with Crippen LogP contribution in [0.4, 0.5) is 0 Å². The fourth-order valence-corrected chi connectivity index (χ4v) is 2.65. The van der Waals surface area contributed by atoms with Crippen LogP contribution in [0, 0.1) is 6.92 Å². The fraction of sp³-hybridized carbons (Fsp3) is 0.125. The third kappa shape index (κ3) is 2.45. The molecule has 0 aliphatic rings. The second-order valence-electron chi connectivity index (χ2n) is 4.67. The quantitative estimate of drug-likeness (QED) is 0.647. The Bertz CT molecular complexity index is 839. The molecular formula is C16H12BrNO3. The van der Waals surface area contributed by atoms with Gasteiger partial charge < -0.3 is 9.26 Å². The Morgan fingerprint density at radius 1 is 1.19 bits per heavy atom. The summed E-state index contributed by atoms with van der Waals surface area (Å²) in [7, 11) is 1.34. The molecule has 5 heteroatoms. The number of methoxy groups -OCH3 is 1. The molecule has 0 bridgehead atoms. The number of aryl methyl sites for hydroxylation is 1. The molecule has 0 saturated heterocycles. The number of aromatic nitrogens is 1. The van der Waals surface area contributed by atoms with Crippen molar-refractivity contribution in [3.8, 4) is 11.3 Å². The fourth-order valence-electron chi connectivity index (χ4n) is 2.27. The number of hydrogen-bond acceptors (Lipinski definition) is 4. The normalized spacial score (nSPS) is 10.8. The summed E-state index contributed by atoms with van der Waals surface area (Å²) in [6, 6.07) is 11.9. The minimum Gasteiger partial charge on any atom is -0.465 e. The average molecular weight is 346 g/mol. The number of carbonyl (C=O) groups excluding carboxylic acids is 1. The van der Waals surface area contributed by atoms with Gasteiger partial charge in [0.1, 0.15) is 5.56 Å². The Kier molecular flexibility index (Phi) is 3.51. The zero-order valence-corrected chi connectivity index (χ0v) is 13.1. The van der Waals surface area contributed by atoms with E-state index >= 15 is 0 Å². The van der Waals surface area contributed by atoms with Crippen LogP contribution < -0.4 is 0 Å². The molecule has 0 fully saturated rings. The number of halogens is 1. The molecule has 0 unspecified atom stereocenters. The summed E-state index contributed by atoms with van der Waals surface area (Å²) < 4.78 is 11.1. The van der Waals surface area contributed by atoms with Gasteiger partial charge in [-0.05, 0) is 35.9 Å². The lowest BCUT2D eigenvalue weighted by molar-refractivity contribution is 0.0600. The summed E-state index contributed by atoms with van der Waals surface area (Å²) in [4.78, 5) is 11.9. The van der Waals surface area contributed by atoms with Gasteiger partial charge in [0.05, 0.1) is 12.8 Å². The van der Waals surface area contributed by atoms with E-state index in [2.05, 4.69) is 21.1 Å². The van der Waals surface area contributed by atoms with E-state index < -0.39 is 5.97 Å². The van der Waals surface area contributed by atoms with Crippen molar-refractivity contribution in [2.75, 3.05) is 7.11 Å². The van der Waals surface area contributed by atoms with Gasteiger partial charge in [-0.1, -0.05) is 39.3 Å². The van der Waals surface area contributed by atoms with Gasteiger partial charge in [-0.2, -0.15) is 0 Å². The molecule has 1 heterocycles. The molecule has 3 aromatic rings. The topological polar surface area (TPSA) is 52.3 Å². The summed E-state index contributed by atoms with van der Waals surface area (Å²) in [6.45, 7) is 1.72. The zero-order chi connectivity index (χ0) is 15.0. The average Bonchev–Trinajstić information content (AvgIpc) is 2.87. The Hall–Kier alpha value is -2.14. The second kappa shape index (κ2) is 5.33. The maximum absolute atomic E-state index is 11.9. The molecule has 3 rings (SSSR count). The van der Waals surface area contributed by atoms with Crippen LogP contribution in [0.5, 0.6) is 0 Å². The first kappa shape index (κ1) is 13.8. The van der Waals surface area contributed by atoms with Gasteiger partial charge in [0.2, 0.25) is 0 Å². The number of carbonyl (C=O) groups is 1. The highest BCUT2D eigenvalue weighted by atomic mass is 79.9. The number of esters is 1. The molecule has 2 aromatic carbocycles. The van der Waals surface area contributed by atoms with Crippen molar-refractivity contribution >= 4 is 32.7 Å². The van der Waals surface area contributed by atoms with E-state index in [0.717, 1.165) is 20.8 Å². The third-order valence-electron chi connectivity index (χ3n) is 3.32. The van der Waals surface area contributed by atoms with Crippen molar-refractivity contribution in [3.05, 3.63) is 52.1 Å². The largest absolute Gasteiger partial charge is 0.465 e. The molecule has 4 nitrogen and oxygen atoms in total. The molecule has 0 saturated carbocycles. The van der Waals surface area contributed by atoms with Crippen LogP contribution in [0.3, 0.4) is 0 Å². The molecule has 0 aliphatic carbocycles. The highest BCUT2D eigenvalue weighted by Gasteiger charge is 2.22. The van der Waals surface area contributed by atoms with E-state index in [1.54, 1.807) is 6.92 Å². The molecule has 0 radical (unpaired) electrons. The highest BCUT2D eigenvalue weighted by Crippen LogP contribution is 2.30. The lowest BCUT2D eigenvalue weighted by Crippen LogP contribution is -2.03. The highest BCUT2D eigenvalue weighted by molar-refractivity contribution is 9.10. The van der Waals surface area contributed by atoms with Crippen molar-refractivity contribution in [1.29, 1.82) is 0 Å². The number of ether oxygens (including phenoxy) is 1. The van der Waals surface area contributed by atoms with E-state index in [1.807, 2.05) is 36.4 Å². The Labute approximate surface area is 129 Å². The van der Waals surface area contributed by atoms with Gasteiger partial charge >= 0.3 is 5.97 Å². The van der Waals surface area contributed by atoms with Gasteiger partial charge in [0.15, 0.2) is 5.76 Å². The SMILES string of the molecule is COC(=O)c1c(C)noc1-c1ccc2cc(Br)ccc2c1. The maximum atomic E-state index is 11.9. The Morgan fingerprint density at radius 3 is 2.67 bits per heavy atom. The van der Waals surface area contributed by atoms with Crippen molar-refractivity contribution in [1.82, 2.24) is 5.16 Å². The van der Waals surface area contributed by atoms with E-state index in [9.17, 15) is 4.79 Å². The molecule has 106 valence electrons. The monoisotopic (exact) mass is 345 g/mol. The molecule has 0 atom stereocenters. The number of fused-ring (bicyclic) bond motifs is 1. The van der Waals surface area contributed by atoms with Gasteiger partial charge in [-0.3, -0.25) is 0 Å². The van der Waals surface area contributed by atoms with Crippen molar-refractivity contribution in [3.63, 3.8) is 0 Å².